The van der Waals surface area contributed by atoms with Gasteiger partial charge in [-0.15, -0.1) is 0 Å². The van der Waals surface area contributed by atoms with Crippen molar-refractivity contribution in [2.75, 3.05) is 6.54 Å². The van der Waals surface area contributed by atoms with Gasteiger partial charge < -0.3 is 10.8 Å². The van der Waals surface area contributed by atoms with Gasteiger partial charge in [-0.05, 0) is 56.2 Å². The number of carboxylic acid groups (broad SMARTS) is 1. The maximum absolute atomic E-state index is 11.1. The molecule has 0 spiro atoms. The Balaban J connectivity index is 2.86. The van der Waals surface area contributed by atoms with Gasteiger partial charge in [0.2, 0.25) is 0 Å². The minimum atomic E-state index is -0.775. The van der Waals surface area contributed by atoms with Gasteiger partial charge in [0.25, 0.3) is 0 Å². The van der Waals surface area contributed by atoms with Crippen LogP contribution in [-0.2, 0) is 11.2 Å². The summed E-state index contributed by atoms with van der Waals surface area (Å²) in [5.41, 5.74) is 10.8. The molecule has 0 aliphatic heterocycles. The Kier molecular flexibility index (Phi) is 6.21. The summed E-state index contributed by atoms with van der Waals surface area (Å²) in [6, 6.07) is 4.40. The van der Waals surface area contributed by atoms with Crippen LogP contribution in [0, 0.1) is 32.6 Å². The smallest absolute Gasteiger partial charge is 0.307 e. The first-order valence-electron chi connectivity index (χ1n) is 7.38. The van der Waals surface area contributed by atoms with Crippen LogP contribution in [0.2, 0.25) is 0 Å². The normalized spacial score (nSPS) is 14.1. The summed E-state index contributed by atoms with van der Waals surface area (Å²) >= 11 is 0. The number of carbonyl (C=O) groups is 1. The number of aliphatic carboxylic acids is 1. The second-order valence-electron chi connectivity index (χ2n) is 5.86. The van der Waals surface area contributed by atoms with Crippen LogP contribution in [-0.4, -0.2) is 17.6 Å². The van der Waals surface area contributed by atoms with Gasteiger partial charge in [0.15, 0.2) is 0 Å². The maximum Gasteiger partial charge on any atom is 0.307 e. The fourth-order valence-electron chi connectivity index (χ4n) is 2.92. The van der Waals surface area contributed by atoms with E-state index in [2.05, 4.69) is 39.8 Å². The molecule has 0 aliphatic carbocycles. The van der Waals surface area contributed by atoms with E-state index in [1.807, 2.05) is 0 Å². The van der Waals surface area contributed by atoms with Crippen molar-refractivity contribution in [3.05, 3.63) is 34.4 Å². The zero-order valence-corrected chi connectivity index (χ0v) is 13.1. The largest absolute Gasteiger partial charge is 0.481 e. The summed E-state index contributed by atoms with van der Waals surface area (Å²) in [5.74, 6) is -0.825. The molecule has 112 valence electrons. The third-order valence-corrected chi connectivity index (χ3v) is 4.16. The van der Waals surface area contributed by atoms with Crippen LogP contribution >= 0.6 is 0 Å². The monoisotopic (exact) mass is 277 g/mol. The highest BCUT2D eigenvalue weighted by Crippen LogP contribution is 2.25. The number of aryl methyl sites for hydroxylation is 3. The van der Waals surface area contributed by atoms with E-state index >= 15 is 0 Å². The fourth-order valence-corrected chi connectivity index (χ4v) is 2.92. The summed E-state index contributed by atoms with van der Waals surface area (Å²) in [5, 5.41) is 9.15. The van der Waals surface area contributed by atoms with Gasteiger partial charge in [-0.2, -0.15) is 0 Å². The average Bonchev–Trinajstić information content (AvgIpc) is 2.36. The summed E-state index contributed by atoms with van der Waals surface area (Å²) in [6.07, 6.45) is 2.59. The van der Waals surface area contributed by atoms with Crippen LogP contribution in [0.25, 0.3) is 0 Å². The van der Waals surface area contributed by atoms with Crippen LogP contribution in [0.4, 0.5) is 0 Å². The van der Waals surface area contributed by atoms with Crippen molar-refractivity contribution in [3.63, 3.8) is 0 Å². The van der Waals surface area contributed by atoms with Crippen LogP contribution in [0.15, 0.2) is 12.1 Å². The van der Waals surface area contributed by atoms with Gasteiger partial charge in [-0.1, -0.05) is 31.0 Å². The van der Waals surface area contributed by atoms with Crippen LogP contribution in [0.1, 0.15) is 42.0 Å². The van der Waals surface area contributed by atoms with E-state index < -0.39 is 11.9 Å². The highest BCUT2D eigenvalue weighted by Gasteiger charge is 2.21. The molecular formula is C17H27NO2. The molecule has 0 fully saturated rings. The van der Waals surface area contributed by atoms with Crippen molar-refractivity contribution in [2.24, 2.45) is 17.6 Å². The summed E-state index contributed by atoms with van der Waals surface area (Å²) in [6.45, 7) is 8.73. The Hall–Kier alpha value is -1.35. The van der Waals surface area contributed by atoms with E-state index in [0.717, 1.165) is 12.8 Å². The minimum absolute atomic E-state index is 0.220. The number of hydrogen-bond acceptors (Lipinski definition) is 2. The van der Waals surface area contributed by atoms with Gasteiger partial charge in [0.05, 0.1) is 5.92 Å². The second kappa shape index (κ2) is 7.44. The molecule has 0 aromatic heterocycles. The molecule has 1 aromatic carbocycles. The first-order valence-corrected chi connectivity index (χ1v) is 7.38. The fraction of sp³-hybridized carbons (Fsp3) is 0.588. The molecule has 3 nitrogen and oxygen atoms in total. The van der Waals surface area contributed by atoms with E-state index in [1.54, 1.807) is 0 Å². The van der Waals surface area contributed by atoms with Crippen molar-refractivity contribution in [1.82, 2.24) is 0 Å². The summed E-state index contributed by atoms with van der Waals surface area (Å²) in [4.78, 5) is 11.1. The lowest BCUT2D eigenvalue weighted by Crippen LogP contribution is -2.26. The highest BCUT2D eigenvalue weighted by atomic mass is 16.4. The van der Waals surface area contributed by atoms with Crippen molar-refractivity contribution < 1.29 is 9.90 Å². The number of carboxylic acids is 1. The van der Waals surface area contributed by atoms with E-state index in [4.69, 9.17) is 10.8 Å². The van der Waals surface area contributed by atoms with E-state index in [1.165, 1.54) is 22.3 Å². The van der Waals surface area contributed by atoms with Crippen LogP contribution in [0.5, 0.6) is 0 Å². The van der Waals surface area contributed by atoms with Gasteiger partial charge in [-0.3, -0.25) is 4.79 Å². The molecule has 2 atom stereocenters. The lowest BCUT2D eigenvalue weighted by Gasteiger charge is -2.21. The zero-order valence-electron chi connectivity index (χ0n) is 13.1. The summed E-state index contributed by atoms with van der Waals surface area (Å²) in [7, 11) is 0. The molecule has 0 saturated heterocycles. The SMILES string of the molecule is CCC(Cc1c(C)cc(C)cc1C)CC(CN)C(=O)O. The van der Waals surface area contributed by atoms with E-state index in [-0.39, 0.29) is 6.54 Å². The number of nitrogens with two attached hydrogens (primary N) is 1. The van der Waals surface area contributed by atoms with E-state index in [0.29, 0.717) is 12.3 Å². The molecule has 0 bridgehead atoms. The van der Waals surface area contributed by atoms with Gasteiger partial charge in [0, 0.05) is 6.54 Å². The third kappa shape index (κ3) is 4.34. The lowest BCUT2D eigenvalue weighted by atomic mass is 9.84. The molecule has 20 heavy (non-hydrogen) atoms. The lowest BCUT2D eigenvalue weighted by molar-refractivity contribution is -0.142. The highest BCUT2D eigenvalue weighted by molar-refractivity contribution is 5.70. The Morgan fingerprint density at radius 2 is 1.80 bits per heavy atom. The number of rotatable bonds is 7. The van der Waals surface area contributed by atoms with Gasteiger partial charge in [0.1, 0.15) is 0 Å². The molecule has 2 unspecified atom stereocenters. The van der Waals surface area contributed by atoms with Crippen molar-refractivity contribution in [2.45, 2.75) is 47.0 Å². The Bertz CT molecular complexity index is 445. The standard InChI is InChI=1S/C17H27NO2/c1-5-14(8-15(10-18)17(19)20)9-16-12(3)6-11(2)7-13(16)4/h6-7,14-15H,5,8-10,18H2,1-4H3,(H,19,20). The Labute approximate surface area is 122 Å². The van der Waals surface area contributed by atoms with E-state index in [9.17, 15) is 4.79 Å². The number of hydrogen-bond donors (Lipinski definition) is 2. The molecule has 0 saturated carbocycles. The Morgan fingerprint density at radius 1 is 1.25 bits per heavy atom. The van der Waals surface area contributed by atoms with Crippen molar-refractivity contribution in [3.8, 4) is 0 Å². The average molecular weight is 277 g/mol. The topological polar surface area (TPSA) is 63.3 Å². The molecule has 0 heterocycles. The molecule has 1 aromatic rings. The van der Waals surface area contributed by atoms with Gasteiger partial charge >= 0.3 is 5.97 Å². The minimum Gasteiger partial charge on any atom is -0.481 e. The molecule has 0 amide bonds. The molecule has 1 rings (SSSR count). The van der Waals surface area contributed by atoms with Crippen LogP contribution in [0.3, 0.4) is 0 Å². The van der Waals surface area contributed by atoms with Crippen molar-refractivity contribution in [1.29, 1.82) is 0 Å². The zero-order chi connectivity index (χ0) is 15.3. The molecular weight excluding hydrogens is 250 g/mol. The van der Waals surface area contributed by atoms with Gasteiger partial charge in [-0.25, -0.2) is 0 Å². The predicted octanol–water partition coefficient (Wildman–Crippen LogP) is 3.23. The summed E-state index contributed by atoms with van der Waals surface area (Å²) < 4.78 is 0. The maximum atomic E-state index is 11.1. The quantitative estimate of drug-likeness (QED) is 0.804. The second-order valence-corrected chi connectivity index (χ2v) is 5.86. The van der Waals surface area contributed by atoms with Crippen molar-refractivity contribution >= 4 is 5.97 Å². The third-order valence-electron chi connectivity index (χ3n) is 4.16. The predicted molar refractivity (Wildman–Crippen MR) is 82.9 cm³/mol. The first kappa shape index (κ1) is 16.7. The number of benzene rings is 1. The molecule has 0 radical (unpaired) electrons. The molecule has 0 aliphatic rings. The Morgan fingerprint density at radius 3 is 2.20 bits per heavy atom. The first-order chi connectivity index (χ1) is 9.38. The molecule has 3 N–H and O–H groups in total. The van der Waals surface area contributed by atoms with Crippen LogP contribution < -0.4 is 5.73 Å². The molecule has 3 heteroatoms.